The lowest BCUT2D eigenvalue weighted by Gasteiger charge is -2.26. The molecule has 0 radical (unpaired) electrons. The number of halogens is 2. The number of carbonyl (C=O) groups is 1. The van der Waals surface area contributed by atoms with Crippen molar-refractivity contribution in [1.82, 2.24) is 0 Å². The van der Waals surface area contributed by atoms with Crippen LogP contribution in [0.1, 0.15) is 23.2 Å². The summed E-state index contributed by atoms with van der Waals surface area (Å²) in [5.74, 6) is -0.360. The van der Waals surface area contributed by atoms with E-state index in [0.717, 1.165) is 25.9 Å². The summed E-state index contributed by atoms with van der Waals surface area (Å²) in [5.41, 5.74) is 0.382. The van der Waals surface area contributed by atoms with Crippen molar-refractivity contribution in [2.45, 2.75) is 18.9 Å². The van der Waals surface area contributed by atoms with Gasteiger partial charge in [-0.1, -0.05) is 23.2 Å². The highest BCUT2D eigenvalue weighted by Gasteiger charge is 2.24. The van der Waals surface area contributed by atoms with Crippen LogP contribution >= 0.6 is 23.2 Å². The summed E-state index contributed by atoms with van der Waals surface area (Å²) in [6.45, 7) is 2.07. The summed E-state index contributed by atoms with van der Waals surface area (Å²) in [7, 11) is 2.15. The van der Waals surface area contributed by atoms with Gasteiger partial charge in [-0.15, -0.1) is 0 Å². The van der Waals surface area contributed by atoms with Gasteiger partial charge in [0.05, 0.1) is 30.7 Å². The van der Waals surface area contributed by atoms with Crippen LogP contribution in [0.25, 0.3) is 0 Å². The van der Waals surface area contributed by atoms with Gasteiger partial charge in [0.1, 0.15) is 6.10 Å². The van der Waals surface area contributed by atoms with E-state index < -0.39 is 0 Å². The van der Waals surface area contributed by atoms with Crippen molar-refractivity contribution < 1.29 is 14.4 Å². The van der Waals surface area contributed by atoms with Gasteiger partial charge in [0.25, 0.3) is 0 Å². The summed E-state index contributed by atoms with van der Waals surface area (Å²) in [6.07, 6.45) is 1.82. The first-order valence-electron chi connectivity index (χ1n) is 6.03. The van der Waals surface area contributed by atoms with Gasteiger partial charge in [-0.2, -0.15) is 0 Å². The summed E-state index contributed by atoms with van der Waals surface area (Å²) < 4.78 is 5.47. The molecule has 0 spiro atoms. The second-order valence-corrected chi connectivity index (χ2v) is 5.53. The van der Waals surface area contributed by atoms with Crippen LogP contribution in [0, 0.1) is 0 Å². The Balaban J connectivity index is 1.99. The number of esters is 1. The normalized spacial score (nSPS) is 23.7. The Kier molecular flexibility index (Phi) is 4.49. The summed E-state index contributed by atoms with van der Waals surface area (Å²) >= 11 is 11.8. The molecule has 0 amide bonds. The van der Waals surface area contributed by atoms with E-state index in [2.05, 4.69) is 7.05 Å². The number of carbonyl (C=O) groups excluding carboxylic acids is 1. The molecule has 1 N–H and O–H groups in total. The number of hydrogen-bond donors (Lipinski definition) is 1. The maximum absolute atomic E-state index is 12.0. The summed E-state index contributed by atoms with van der Waals surface area (Å²) in [5, 5.41) is 0.852. The monoisotopic (exact) mass is 288 g/mol. The van der Waals surface area contributed by atoms with Gasteiger partial charge >= 0.3 is 5.97 Å². The molecule has 0 aromatic heterocycles. The molecule has 1 aromatic carbocycles. The van der Waals surface area contributed by atoms with Gasteiger partial charge in [0, 0.05) is 17.9 Å². The molecule has 0 atom stereocenters. The Hall–Kier alpha value is -0.770. The first-order chi connectivity index (χ1) is 8.56. The maximum atomic E-state index is 12.0. The lowest BCUT2D eigenvalue weighted by atomic mass is 10.1. The standard InChI is InChI=1S/C13H15Cl2NO2/c1-16-6-4-10(5-7-16)18-13(17)11-3-2-9(14)8-12(11)15/h2-3,8,10H,4-7H2,1H3/p+1. The number of piperidine rings is 1. The van der Waals surface area contributed by atoms with Gasteiger partial charge in [-0.3, -0.25) is 0 Å². The molecule has 0 unspecified atom stereocenters. The van der Waals surface area contributed by atoms with E-state index in [4.69, 9.17) is 27.9 Å². The third kappa shape index (κ3) is 3.37. The summed E-state index contributed by atoms with van der Waals surface area (Å²) in [6, 6.07) is 4.80. The molecule has 2 rings (SSSR count). The van der Waals surface area contributed by atoms with Crippen LogP contribution in [0.5, 0.6) is 0 Å². The van der Waals surface area contributed by atoms with E-state index in [9.17, 15) is 4.79 Å². The van der Waals surface area contributed by atoms with Gasteiger partial charge < -0.3 is 9.64 Å². The molecule has 5 heteroatoms. The summed E-state index contributed by atoms with van der Waals surface area (Å²) in [4.78, 5) is 13.4. The van der Waals surface area contributed by atoms with Crippen molar-refractivity contribution >= 4 is 29.2 Å². The third-order valence-corrected chi connectivity index (χ3v) is 3.76. The average Bonchev–Trinajstić information content (AvgIpc) is 2.32. The minimum Gasteiger partial charge on any atom is -0.458 e. The van der Waals surface area contributed by atoms with E-state index in [-0.39, 0.29) is 12.1 Å². The lowest BCUT2D eigenvalue weighted by Crippen LogP contribution is -3.10. The zero-order chi connectivity index (χ0) is 13.1. The molecular weight excluding hydrogens is 273 g/mol. The predicted molar refractivity (Wildman–Crippen MR) is 71.5 cm³/mol. The third-order valence-electron chi connectivity index (χ3n) is 3.21. The number of nitrogens with one attached hydrogen (secondary N) is 1. The number of likely N-dealkylation sites (tertiary alicyclic amines) is 1. The van der Waals surface area contributed by atoms with Crippen LogP contribution in [-0.4, -0.2) is 32.2 Å². The van der Waals surface area contributed by atoms with E-state index in [1.54, 1.807) is 18.2 Å². The lowest BCUT2D eigenvalue weighted by molar-refractivity contribution is -0.885. The minimum atomic E-state index is -0.360. The highest BCUT2D eigenvalue weighted by Crippen LogP contribution is 2.22. The molecule has 18 heavy (non-hydrogen) atoms. The fourth-order valence-corrected chi connectivity index (χ4v) is 2.56. The Morgan fingerprint density at radius 1 is 1.33 bits per heavy atom. The fourth-order valence-electron chi connectivity index (χ4n) is 2.07. The zero-order valence-electron chi connectivity index (χ0n) is 10.2. The van der Waals surface area contributed by atoms with E-state index in [1.807, 2.05) is 0 Å². The molecule has 3 nitrogen and oxygen atoms in total. The van der Waals surface area contributed by atoms with Crippen molar-refractivity contribution in [3.63, 3.8) is 0 Å². The zero-order valence-corrected chi connectivity index (χ0v) is 11.7. The van der Waals surface area contributed by atoms with Crippen LogP contribution in [0.2, 0.25) is 10.0 Å². The molecule has 1 heterocycles. The molecule has 98 valence electrons. The van der Waals surface area contributed by atoms with Crippen molar-refractivity contribution in [3.8, 4) is 0 Å². The van der Waals surface area contributed by atoms with Gasteiger partial charge in [-0.25, -0.2) is 4.79 Å². The maximum Gasteiger partial charge on any atom is 0.339 e. The van der Waals surface area contributed by atoms with E-state index >= 15 is 0 Å². The largest absolute Gasteiger partial charge is 0.458 e. The van der Waals surface area contributed by atoms with Crippen molar-refractivity contribution in [2.24, 2.45) is 0 Å². The second-order valence-electron chi connectivity index (χ2n) is 4.69. The van der Waals surface area contributed by atoms with E-state index in [1.165, 1.54) is 4.90 Å². The Morgan fingerprint density at radius 2 is 2.00 bits per heavy atom. The molecule has 0 bridgehead atoms. The van der Waals surface area contributed by atoms with Crippen molar-refractivity contribution in [1.29, 1.82) is 0 Å². The highest BCUT2D eigenvalue weighted by atomic mass is 35.5. The topological polar surface area (TPSA) is 30.7 Å². The number of rotatable bonds is 2. The Labute approximate surface area is 117 Å². The Bertz CT molecular complexity index is 443. The molecule has 1 aromatic rings. The number of ether oxygens (including phenoxy) is 1. The van der Waals surface area contributed by atoms with Crippen LogP contribution in [0.3, 0.4) is 0 Å². The molecule has 1 aliphatic rings. The number of benzene rings is 1. The van der Waals surface area contributed by atoms with Crippen LogP contribution in [-0.2, 0) is 4.74 Å². The second kappa shape index (κ2) is 5.91. The molecule has 1 fully saturated rings. The first-order valence-corrected chi connectivity index (χ1v) is 6.79. The average molecular weight is 289 g/mol. The Morgan fingerprint density at radius 3 is 2.61 bits per heavy atom. The molecular formula is C13H16Cl2NO2+. The molecule has 0 aliphatic carbocycles. The van der Waals surface area contributed by atoms with Crippen molar-refractivity contribution in [2.75, 3.05) is 20.1 Å². The van der Waals surface area contributed by atoms with Crippen LogP contribution in [0.15, 0.2) is 18.2 Å². The molecule has 0 saturated carbocycles. The van der Waals surface area contributed by atoms with Gasteiger partial charge in [0.2, 0.25) is 0 Å². The quantitative estimate of drug-likeness (QED) is 0.842. The smallest absolute Gasteiger partial charge is 0.339 e. The number of quaternary nitrogens is 1. The van der Waals surface area contributed by atoms with Gasteiger partial charge in [0.15, 0.2) is 0 Å². The SMILES string of the molecule is C[NH+]1CCC(OC(=O)c2ccc(Cl)cc2Cl)CC1. The van der Waals surface area contributed by atoms with Crippen LogP contribution < -0.4 is 4.90 Å². The van der Waals surface area contributed by atoms with E-state index in [0.29, 0.717) is 15.6 Å². The number of hydrogen-bond acceptors (Lipinski definition) is 2. The minimum absolute atomic E-state index is 0.00736. The fraction of sp³-hybridized carbons (Fsp3) is 0.462. The molecule has 1 saturated heterocycles. The molecule has 1 aliphatic heterocycles. The van der Waals surface area contributed by atoms with Crippen LogP contribution in [0.4, 0.5) is 0 Å². The van der Waals surface area contributed by atoms with Crippen molar-refractivity contribution in [3.05, 3.63) is 33.8 Å². The predicted octanol–water partition coefficient (Wildman–Crippen LogP) is 1.83. The van der Waals surface area contributed by atoms with Gasteiger partial charge in [-0.05, 0) is 18.2 Å². The highest BCUT2D eigenvalue weighted by molar-refractivity contribution is 6.36. The first kappa shape index (κ1) is 13.7.